The zero-order valence-corrected chi connectivity index (χ0v) is 10.9. The molecule has 0 saturated carbocycles. The second-order valence-electron chi connectivity index (χ2n) is 3.40. The summed E-state index contributed by atoms with van der Waals surface area (Å²) < 4.78 is 11.3. The van der Waals surface area contributed by atoms with E-state index in [4.69, 9.17) is 8.94 Å². The highest BCUT2D eigenvalue weighted by molar-refractivity contribution is 8.01. The second-order valence-corrected chi connectivity index (χ2v) is 5.82. The average molecular weight is 280 g/mol. The van der Waals surface area contributed by atoms with Crippen LogP contribution in [0.3, 0.4) is 0 Å². The van der Waals surface area contributed by atoms with Gasteiger partial charge in [0.1, 0.15) is 5.51 Å². The third kappa shape index (κ3) is 2.29. The molecule has 1 atom stereocenters. The van der Waals surface area contributed by atoms with E-state index >= 15 is 0 Å². The summed E-state index contributed by atoms with van der Waals surface area (Å²) in [5, 5.41) is 11.6. The van der Waals surface area contributed by atoms with E-state index in [0.717, 1.165) is 4.34 Å². The van der Waals surface area contributed by atoms with Gasteiger partial charge in [-0.2, -0.15) is 4.98 Å². The number of nitrogens with zero attached hydrogens (tertiary/aromatic N) is 4. The lowest BCUT2D eigenvalue weighted by Gasteiger charge is -2.00. The van der Waals surface area contributed by atoms with Gasteiger partial charge in [-0.1, -0.05) is 28.3 Å². The van der Waals surface area contributed by atoms with Crippen LogP contribution in [0.15, 0.2) is 37.2 Å². The van der Waals surface area contributed by atoms with E-state index in [0.29, 0.717) is 17.5 Å². The number of furan rings is 1. The summed E-state index contributed by atoms with van der Waals surface area (Å²) in [6.07, 6.45) is 1.57. The number of thioether (sulfide) groups is 1. The van der Waals surface area contributed by atoms with Crippen molar-refractivity contribution >= 4 is 23.1 Å². The molecule has 0 aliphatic rings. The van der Waals surface area contributed by atoms with Gasteiger partial charge in [0.2, 0.25) is 11.7 Å². The Labute approximate surface area is 110 Å². The summed E-state index contributed by atoms with van der Waals surface area (Å²) >= 11 is 3.01. The van der Waals surface area contributed by atoms with Gasteiger partial charge in [-0.3, -0.25) is 0 Å². The summed E-state index contributed by atoms with van der Waals surface area (Å²) in [7, 11) is 0. The van der Waals surface area contributed by atoms with E-state index in [9.17, 15) is 0 Å². The zero-order valence-electron chi connectivity index (χ0n) is 9.31. The van der Waals surface area contributed by atoms with E-state index in [-0.39, 0.29) is 5.25 Å². The lowest BCUT2D eigenvalue weighted by atomic mass is 10.4. The van der Waals surface area contributed by atoms with Gasteiger partial charge in [-0.25, -0.2) is 0 Å². The summed E-state index contributed by atoms with van der Waals surface area (Å²) in [5.41, 5.74) is 1.69. The Morgan fingerprint density at radius 3 is 3.11 bits per heavy atom. The summed E-state index contributed by atoms with van der Waals surface area (Å²) in [6.45, 7) is 1.98. The smallest absolute Gasteiger partial charge is 0.240 e. The number of hydrogen-bond acceptors (Lipinski definition) is 8. The fourth-order valence-electron chi connectivity index (χ4n) is 1.32. The highest BCUT2D eigenvalue weighted by Crippen LogP contribution is 2.35. The van der Waals surface area contributed by atoms with Crippen molar-refractivity contribution in [3.8, 4) is 11.6 Å². The molecule has 0 spiro atoms. The first-order valence-corrected chi connectivity index (χ1v) is 6.89. The van der Waals surface area contributed by atoms with Crippen molar-refractivity contribution in [3.63, 3.8) is 0 Å². The van der Waals surface area contributed by atoms with E-state index in [2.05, 4.69) is 20.3 Å². The van der Waals surface area contributed by atoms with Crippen molar-refractivity contribution < 1.29 is 8.94 Å². The van der Waals surface area contributed by atoms with Gasteiger partial charge in [-0.05, 0) is 19.1 Å². The van der Waals surface area contributed by atoms with Gasteiger partial charge in [0.25, 0.3) is 0 Å². The molecular weight excluding hydrogens is 272 g/mol. The van der Waals surface area contributed by atoms with E-state index in [1.807, 2.05) is 6.92 Å². The number of rotatable bonds is 4. The van der Waals surface area contributed by atoms with Crippen LogP contribution >= 0.6 is 23.1 Å². The Morgan fingerprint density at radius 1 is 1.44 bits per heavy atom. The minimum Gasteiger partial charge on any atom is -0.461 e. The zero-order chi connectivity index (χ0) is 12.4. The molecule has 0 amide bonds. The van der Waals surface area contributed by atoms with Crippen LogP contribution < -0.4 is 0 Å². The molecule has 3 aromatic heterocycles. The first-order chi connectivity index (χ1) is 8.83. The molecule has 8 heteroatoms. The minimum absolute atomic E-state index is 0.0224. The normalized spacial score (nSPS) is 12.7. The van der Waals surface area contributed by atoms with Crippen LogP contribution in [0, 0.1) is 0 Å². The maximum Gasteiger partial charge on any atom is 0.240 e. The molecule has 18 heavy (non-hydrogen) atoms. The van der Waals surface area contributed by atoms with Gasteiger partial charge >= 0.3 is 0 Å². The Morgan fingerprint density at radius 2 is 2.39 bits per heavy atom. The molecule has 0 aromatic carbocycles. The topological polar surface area (TPSA) is 77.8 Å². The maximum absolute atomic E-state index is 5.21. The van der Waals surface area contributed by atoms with E-state index in [1.54, 1.807) is 23.9 Å². The highest BCUT2D eigenvalue weighted by atomic mass is 32.2. The molecule has 0 fully saturated rings. The SMILES string of the molecule is CC(Sc1nncs1)c1nc(-c2ccco2)no1. The fraction of sp³-hybridized carbons (Fsp3) is 0.200. The van der Waals surface area contributed by atoms with Crippen molar-refractivity contribution in [2.75, 3.05) is 0 Å². The molecule has 0 aliphatic carbocycles. The molecule has 0 N–H and O–H groups in total. The lowest BCUT2D eigenvalue weighted by Crippen LogP contribution is -1.88. The van der Waals surface area contributed by atoms with Crippen LogP contribution in [-0.2, 0) is 0 Å². The van der Waals surface area contributed by atoms with Gasteiger partial charge in [-0.15, -0.1) is 10.2 Å². The van der Waals surface area contributed by atoms with Gasteiger partial charge in [0.15, 0.2) is 10.1 Å². The fourth-order valence-corrected chi connectivity index (χ4v) is 2.98. The molecule has 0 saturated heterocycles. The third-order valence-electron chi connectivity index (χ3n) is 2.15. The predicted molar refractivity (Wildman–Crippen MR) is 66.2 cm³/mol. The van der Waals surface area contributed by atoms with Crippen molar-refractivity contribution in [1.29, 1.82) is 0 Å². The monoisotopic (exact) mass is 280 g/mol. The van der Waals surface area contributed by atoms with Crippen LogP contribution in [0.2, 0.25) is 0 Å². The van der Waals surface area contributed by atoms with E-state index in [1.165, 1.54) is 23.1 Å². The van der Waals surface area contributed by atoms with Crippen molar-refractivity contribution in [2.24, 2.45) is 0 Å². The average Bonchev–Trinajstić information content (AvgIpc) is 3.11. The molecule has 3 aromatic rings. The standard InChI is InChI=1S/C10H8N4O2S2/c1-6(18-10-13-11-5-17-10)9-12-8(14-16-9)7-3-2-4-15-7/h2-6H,1H3. The summed E-state index contributed by atoms with van der Waals surface area (Å²) in [6, 6.07) is 3.57. The van der Waals surface area contributed by atoms with Crippen LogP contribution in [0.1, 0.15) is 18.1 Å². The molecule has 0 radical (unpaired) electrons. The van der Waals surface area contributed by atoms with Crippen LogP contribution in [-0.4, -0.2) is 20.3 Å². The van der Waals surface area contributed by atoms with Crippen molar-refractivity contribution in [2.45, 2.75) is 16.5 Å². The number of aromatic nitrogens is 4. The molecular formula is C10H8N4O2S2. The Kier molecular flexibility index (Phi) is 3.11. The summed E-state index contributed by atoms with van der Waals surface area (Å²) in [5.74, 6) is 1.60. The Bertz CT molecular complexity index is 606. The predicted octanol–water partition coefficient (Wildman–Crippen LogP) is 3.03. The molecule has 0 aliphatic heterocycles. The van der Waals surface area contributed by atoms with E-state index < -0.39 is 0 Å². The second kappa shape index (κ2) is 4.91. The molecule has 6 nitrogen and oxygen atoms in total. The largest absolute Gasteiger partial charge is 0.461 e. The van der Waals surface area contributed by atoms with Crippen LogP contribution in [0.4, 0.5) is 0 Å². The van der Waals surface area contributed by atoms with Crippen molar-refractivity contribution in [1.82, 2.24) is 20.3 Å². The number of hydrogen-bond donors (Lipinski definition) is 0. The first-order valence-electron chi connectivity index (χ1n) is 5.13. The quantitative estimate of drug-likeness (QED) is 0.679. The lowest BCUT2D eigenvalue weighted by molar-refractivity contribution is 0.379. The Hall–Kier alpha value is -1.67. The minimum atomic E-state index is 0.0224. The van der Waals surface area contributed by atoms with Crippen LogP contribution in [0.25, 0.3) is 11.6 Å². The maximum atomic E-state index is 5.21. The Balaban J connectivity index is 1.77. The molecule has 0 bridgehead atoms. The molecule has 3 heterocycles. The van der Waals surface area contributed by atoms with Crippen LogP contribution in [0.5, 0.6) is 0 Å². The molecule has 1 unspecified atom stereocenters. The molecule has 92 valence electrons. The van der Waals surface area contributed by atoms with Gasteiger partial charge < -0.3 is 8.94 Å². The first kappa shape index (κ1) is 11.4. The molecule has 3 rings (SSSR count). The van der Waals surface area contributed by atoms with Gasteiger partial charge in [0, 0.05) is 0 Å². The highest BCUT2D eigenvalue weighted by Gasteiger charge is 2.18. The summed E-state index contributed by atoms with van der Waals surface area (Å²) in [4.78, 5) is 4.30. The van der Waals surface area contributed by atoms with Crippen molar-refractivity contribution in [3.05, 3.63) is 29.8 Å². The van der Waals surface area contributed by atoms with Gasteiger partial charge in [0.05, 0.1) is 11.5 Å². The third-order valence-corrected chi connectivity index (χ3v) is 4.05.